The molecule has 1 N–H and O–H groups in total. The summed E-state index contributed by atoms with van der Waals surface area (Å²) in [5.74, 6) is -1.73. The molecule has 2 atom stereocenters. The summed E-state index contributed by atoms with van der Waals surface area (Å²) >= 11 is 0. The molecular formula is C23H25F4N3O2. The number of alkyl halides is 3. The van der Waals surface area contributed by atoms with Gasteiger partial charge in [0.05, 0.1) is 17.5 Å². The van der Waals surface area contributed by atoms with Gasteiger partial charge in [-0.15, -0.1) is 0 Å². The molecule has 1 saturated carbocycles. The number of halogens is 4. The molecule has 1 amide bonds. The third-order valence-electron chi connectivity index (χ3n) is 6.51. The predicted molar refractivity (Wildman–Crippen MR) is 109 cm³/mol. The lowest BCUT2D eigenvalue weighted by molar-refractivity contribution is -0.146. The zero-order chi connectivity index (χ0) is 23.4. The summed E-state index contributed by atoms with van der Waals surface area (Å²) in [6.07, 6.45) is -2.69. The van der Waals surface area contributed by atoms with Crippen molar-refractivity contribution in [2.24, 2.45) is 5.92 Å². The molecule has 1 saturated heterocycles. The second-order valence-corrected chi connectivity index (χ2v) is 8.74. The van der Waals surface area contributed by atoms with Crippen LogP contribution in [0.3, 0.4) is 0 Å². The Morgan fingerprint density at radius 3 is 2.50 bits per heavy atom. The Morgan fingerprint density at radius 1 is 1.22 bits per heavy atom. The van der Waals surface area contributed by atoms with Crippen LogP contribution in [0.4, 0.5) is 17.6 Å². The molecule has 9 heteroatoms. The van der Waals surface area contributed by atoms with E-state index in [9.17, 15) is 27.5 Å². The SMILES string of the molecule is C=C(O)[C@@H]1CCN(C(=O)Cn2nc(C3CC3)cc2C(F)(F)F)[C@@H]1c1cc(F)cc(C)c1C. The molecule has 172 valence electrons. The highest BCUT2D eigenvalue weighted by atomic mass is 19.4. The number of carbonyl (C=O) groups is 1. The number of aliphatic hydroxyl groups excluding tert-OH is 1. The van der Waals surface area contributed by atoms with Gasteiger partial charge in [0.15, 0.2) is 0 Å². The highest BCUT2D eigenvalue weighted by Crippen LogP contribution is 2.43. The minimum atomic E-state index is -4.64. The molecule has 0 bridgehead atoms. The van der Waals surface area contributed by atoms with Crippen molar-refractivity contribution >= 4 is 5.91 Å². The highest BCUT2D eigenvalue weighted by molar-refractivity contribution is 5.77. The van der Waals surface area contributed by atoms with Gasteiger partial charge >= 0.3 is 6.18 Å². The number of rotatable bonds is 5. The van der Waals surface area contributed by atoms with Crippen molar-refractivity contribution in [1.82, 2.24) is 14.7 Å². The van der Waals surface area contributed by atoms with Gasteiger partial charge in [0.25, 0.3) is 0 Å². The number of nitrogens with zero attached hydrogens (tertiary/aromatic N) is 3. The fourth-order valence-corrected chi connectivity index (χ4v) is 4.54. The number of benzene rings is 1. The maximum Gasteiger partial charge on any atom is 0.433 e. The van der Waals surface area contributed by atoms with Gasteiger partial charge in [-0.05, 0) is 68.0 Å². The monoisotopic (exact) mass is 451 g/mol. The number of likely N-dealkylation sites (tertiary alicyclic amines) is 1. The normalized spacial score (nSPS) is 21.2. The van der Waals surface area contributed by atoms with Crippen molar-refractivity contribution in [3.8, 4) is 0 Å². The quantitative estimate of drug-likeness (QED) is 0.502. The standard InChI is InChI=1S/C23H25F4N3O2/c1-12-8-16(24)9-18(13(12)2)22-17(14(3)31)6-7-29(22)21(32)11-30-20(23(25,26)27)10-19(28-30)15-4-5-15/h8-10,15,17,22,31H,3-7,11H2,1-2H3/t17-,22-/m0/s1. The summed E-state index contributed by atoms with van der Waals surface area (Å²) in [5.41, 5.74) is 1.35. The molecular weight excluding hydrogens is 426 g/mol. The Hall–Kier alpha value is -2.84. The molecule has 1 aliphatic heterocycles. The van der Waals surface area contributed by atoms with Crippen molar-refractivity contribution in [1.29, 1.82) is 0 Å². The van der Waals surface area contributed by atoms with E-state index < -0.39 is 42.1 Å². The Morgan fingerprint density at radius 2 is 1.91 bits per heavy atom. The first-order valence-electron chi connectivity index (χ1n) is 10.6. The summed E-state index contributed by atoms with van der Waals surface area (Å²) in [7, 11) is 0. The minimum absolute atomic E-state index is 0.00648. The van der Waals surface area contributed by atoms with E-state index in [1.54, 1.807) is 13.8 Å². The van der Waals surface area contributed by atoms with E-state index >= 15 is 0 Å². The van der Waals surface area contributed by atoms with Gasteiger partial charge in [-0.3, -0.25) is 9.48 Å². The van der Waals surface area contributed by atoms with Crippen LogP contribution < -0.4 is 0 Å². The van der Waals surface area contributed by atoms with E-state index in [2.05, 4.69) is 11.7 Å². The minimum Gasteiger partial charge on any atom is -0.513 e. The molecule has 1 aromatic heterocycles. The molecule has 0 radical (unpaired) electrons. The smallest absolute Gasteiger partial charge is 0.433 e. The lowest BCUT2D eigenvalue weighted by atomic mass is 9.88. The summed E-state index contributed by atoms with van der Waals surface area (Å²) < 4.78 is 55.6. The lowest BCUT2D eigenvalue weighted by Gasteiger charge is -2.30. The average molecular weight is 451 g/mol. The molecule has 1 aliphatic carbocycles. The Bertz CT molecular complexity index is 1070. The second-order valence-electron chi connectivity index (χ2n) is 8.74. The van der Waals surface area contributed by atoms with Crippen molar-refractivity contribution in [3.05, 3.63) is 64.4 Å². The van der Waals surface area contributed by atoms with Crippen molar-refractivity contribution in [3.63, 3.8) is 0 Å². The van der Waals surface area contributed by atoms with Crippen molar-refractivity contribution < 1.29 is 27.5 Å². The van der Waals surface area contributed by atoms with Crippen LogP contribution in [0, 0.1) is 25.6 Å². The number of hydrogen-bond acceptors (Lipinski definition) is 3. The average Bonchev–Trinajstić information content (AvgIpc) is 3.28. The largest absolute Gasteiger partial charge is 0.513 e. The molecule has 0 unspecified atom stereocenters. The maximum atomic E-state index is 14.2. The van der Waals surface area contributed by atoms with E-state index in [1.165, 1.54) is 17.0 Å². The third kappa shape index (κ3) is 4.12. The first-order valence-corrected chi connectivity index (χ1v) is 10.6. The third-order valence-corrected chi connectivity index (χ3v) is 6.51. The number of hydrogen-bond donors (Lipinski definition) is 1. The summed E-state index contributed by atoms with van der Waals surface area (Å²) in [5, 5.41) is 14.2. The zero-order valence-electron chi connectivity index (χ0n) is 17.9. The van der Waals surface area contributed by atoms with E-state index in [0.29, 0.717) is 23.2 Å². The molecule has 32 heavy (non-hydrogen) atoms. The number of aliphatic hydroxyl groups is 1. The molecule has 2 aliphatic rings. The fraction of sp³-hybridized carbons (Fsp3) is 0.478. The van der Waals surface area contributed by atoms with Crippen LogP contribution in [0.2, 0.25) is 0 Å². The molecule has 4 rings (SSSR count). The molecule has 5 nitrogen and oxygen atoms in total. The highest BCUT2D eigenvalue weighted by Gasteiger charge is 2.43. The Kier molecular flexibility index (Phi) is 5.55. The Balaban J connectivity index is 1.68. The van der Waals surface area contributed by atoms with Crippen LogP contribution in [-0.2, 0) is 17.5 Å². The Labute approximate surface area is 183 Å². The fourth-order valence-electron chi connectivity index (χ4n) is 4.54. The van der Waals surface area contributed by atoms with Crippen LogP contribution in [0.5, 0.6) is 0 Å². The van der Waals surface area contributed by atoms with Gasteiger partial charge in [-0.1, -0.05) is 6.58 Å². The molecule has 1 aromatic carbocycles. The van der Waals surface area contributed by atoms with Crippen LogP contribution in [-0.4, -0.2) is 32.2 Å². The zero-order valence-corrected chi connectivity index (χ0v) is 17.9. The summed E-state index contributed by atoms with van der Waals surface area (Å²) in [6.45, 7) is 6.75. The topological polar surface area (TPSA) is 58.4 Å². The van der Waals surface area contributed by atoms with E-state index in [0.717, 1.165) is 29.2 Å². The molecule has 2 fully saturated rings. The van der Waals surface area contributed by atoms with Gasteiger partial charge in [-0.2, -0.15) is 18.3 Å². The van der Waals surface area contributed by atoms with Crippen molar-refractivity contribution in [2.75, 3.05) is 6.54 Å². The van der Waals surface area contributed by atoms with E-state index in [4.69, 9.17) is 0 Å². The number of amides is 1. The maximum absolute atomic E-state index is 14.2. The van der Waals surface area contributed by atoms with Gasteiger partial charge < -0.3 is 10.0 Å². The van der Waals surface area contributed by atoms with Gasteiger partial charge in [0.2, 0.25) is 5.91 Å². The molecule has 2 aromatic rings. The lowest BCUT2D eigenvalue weighted by Crippen LogP contribution is -2.36. The van der Waals surface area contributed by atoms with Crippen LogP contribution in [0.15, 0.2) is 30.5 Å². The summed E-state index contributed by atoms with van der Waals surface area (Å²) in [4.78, 5) is 14.6. The predicted octanol–water partition coefficient (Wildman–Crippen LogP) is 5.20. The van der Waals surface area contributed by atoms with Gasteiger partial charge in [0, 0.05) is 18.4 Å². The van der Waals surface area contributed by atoms with Gasteiger partial charge in [-0.25, -0.2) is 4.39 Å². The summed E-state index contributed by atoms with van der Waals surface area (Å²) in [6, 6.07) is 2.99. The van der Waals surface area contributed by atoms with E-state index in [-0.39, 0.29) is 18.2 Å². The van der Waals surface area contributed by atoms with Crippen LogP contribution in [0.25, 0.3) is 0 Å². The number of aryl methyl sites for hydroxylation is 1. The van der Waals surface area contributed by atoms with Crippen LogP contribution in [0.1, 0.15) is 59.3 Å². The van der Waals surface area contributed by atoms with Crippen LogP contribution >= 0.6 is 0 Å². The number of carbonyl (C=O) groups excluding carboxylic acids is 1. The first-order chi connectivity index (χ1) is 15.0. The van der Waals surface area contributed by atoms with E-state index in [1.807, 2.05) is 0 Å². The second kappa shape index (κ2) is 7.94. The molecule has 2 heterocycles. The molecule has 0 spiro atoms. The van der Waals surface area contributed by atoms with Crippen molar-refractivity contribution in [2.45, 2.75) is 57.8 Å². The number of aromatic nitrogens is 2. The first kappa shape index (κ1) is 22.4. The van der Waals surface area contributed by atoms with Gasteiger partial charge in [0.1, 0.15) is 18.1 Å².